The van der Waals surface area contributed by atoms with Gasteiger partial charge in [0.1, 0.15) is 17.6 Å². The quantitative estimate of drug-likeness (QED) is 0.392. The molecule has 2 amide bonds. The first-order valence-electron chi connectivity index (χ1n) is 9.34. The van der Waals surface area contributed by atoms with E-state index in [0.29, 0.717) is 10.7 Å². The Morgan fingerprint density at radius 2 is 1.87 bits per heavy atom. The second-order valence-corrected chi connectivity index (χ2v) is 7.33. The average Bonchev–Trinajstić information content (AvgIpc) is 3.18. The van der Waals surface area contributed by atoms with E-state index < -0.39 is 23.8 Å². The number of nitrogens with zero attached hydrogens (tertiary/aromatic N) is 4. The van der Waals surface area contributed by atoms with Crippen LogP contribution in [0.5, 0.6) is 0 Å². The SMILES string of the molecule is CCC(=O)OC1CN(C(=O)Cc2ccc(F)cc2)N(C(=O)c2ccnc(SC)n2)C1. The number of halogens is 1. The zero-order valence-corrected chi connectivity index (χ0v) is 17.4. The Hall–Kier alpha value is -3.01. The normalized spacial score (nSPS) is 15.9. The lowest BCUT2D eigenvalue weighted by atomic mass is 10.1. The van der Waals surface area contributed by atoms with E-state index in [4.69, 9.17) is 4.74 Å². The molecule has 0 bridgehead atoms. The van der Waals surface area contributed by atoms with Gasteiger partial charge in [0.2, 0.25) is 5.91 Å². The monoisotopic (exact) mass is 432 g/mol. The maximum atomic E-state index is 13.1. The second-order valence-electron chi connectivity index (χ2n) is 6.56. The predicted octanol–water partition coefficient (Wildman–Crippen LogP) is 2.10. The third-order valence-corrected chi connectivity index (χ3v) is 5.02. The first-order chi connectivity index (χ1) is 14.4. The standard InChI is InChI=1S/C20H21FN4O4S/c1-3-18(27)29-15-11-24(17(26)10-13-4-6-14(21)7-5-13)25(12-15)19(28)16-8-9-22-20(23-16)30-2/h4-9,15H,3,10-12H2,1-2H3. The van der Waals surface area contributed by atoms with Gasteiger partial charge in [-0.3, -0.25) is 14.4 Å². The second kappa shape index (κ2) is 9.66. The lowest BCUT2D eigenvalue weighted by molar-refractivity contribution is -0.148. The van der Waals surface area contributed by atoms with Gasteiger partial charge in [-0.25, -0.2) is 24.4 Å². The number of carbonyl (C=O) groups excluding carboxylic acids is 3. The summed E-state index contributed by atoms with van der Waals surface area (Å²) in [6.07, 6.45) is 2.79. The van der Waals surface area contributed by atoms with Gasteiger partial charge < -0.3 is 4.74 Å². The summed E-state index contributed by atoms with van der Waals surface area (Å²) >= 11 is 1.29. The minimum absolute atomic E-state index is 0.0294. The van der Waals surface area contributed by atoms with E-state index >= 15 is 0 Å². The molecule has 2 heterocycles. The molecule has 1 fully saturated rings. The number of benzene rings is 1. The summed E-state index contributed by atoms with van der Waals surface area (Å²) in [6, 6.07) is 7.03. The summed E-state index contributed by atoms with van der Waals surface area (Å²) < 4.78 is 18.5. The summed E-state index contributed by atoms with van der Waals surface area (Å²) in [6.45, 7) is 1.76. The van der Waals surface area contributed by atoms with Crippen LogP contribution >= 0.6 is 11.8 Å². The van der Waals surface area contributed by atoms with E-state index in [-0.39, 0.29) is 37.5 Å². The highest BCUT2D eigenvalue weighted by atomic mass is 32.2. The first kappa shape index (κ1) is 21.7. The zero-order chi connectivity index (χ0) is 21.7. The van der Waals surface area contributed by atoms with Gasteiger partial charge >= 0.3 is 5.97 Å². The van der Waals surface area contributed by atoms with Crippen molar-refractivity contribution in [3.05, 3.63) is 53.6 Å². The van der Waals surface area contributed by atoms with Crippen molar-refractivity contribution in [2.75, 3.05) is 19.3 Å². The van der Waals surface area contributed by atoms with Crippen molar-refractivity contribution < 1.29 is 23.5 Å². The predicted molar refractivity (Wildman–Crippen MR) is 107 cm³/mol. The molecule has 1 unspecified atom stereocenters. The van der Waals surface area contributed by atoms with Crippen LogP contribution in [0.25, 0.3) is 0 Å². The minimum atomic E-state index is -0.638. The molecule has 2 aromatic rings. The molecule has 1 aliphatic rings. The van der Waals surface area contributed by atoms with Crippen LogP contribution in [0.1, 0.15) is 29.4 Å². The fourth-order valence-electron chi connectivity index (χ4n) is 2.97. The van der Waals surface area contributed by atoms with Gasteiger partial charge in [0.05, 0.1) is 19.5 Å². The van der Waals surface area contributed by atoms with Crippen molar-refractivity contribution in [2.45, 2.75) is 31.0 Å². The highest BCUT2D eigenvalue weighted by Gasteiger charge is 2.39. The minimum Gasteiger partial charge on any atom is -0.458 e. The summed E-state index contributed by atoms with van der Waals surface area (Å²) in [5.41, 5.74) is 0.742. The lowest BCUT2D eigenvalue weighted by Crippen LogP contribution is -2.45. The van der Waals surface area contributed by atoms with Gasteiger partial charge in [-0.15, -0.1) is 0 Å². The highest BCUT2D eigenvalue weighted by Crippen LogP contribution is 2.20. The van der Waals surface area contributed by atoms with Crippen LogP contribution in [-0.2, 0) is 20.7 Å². The first-order valence-corrected chi connectivity index (χ1v) is 10.6. The molecule has 0 N–H and O–H groups in total. The number of rotatable bonds is 6. The van der Waals surface area contributed by atoms with Crippen molar-refractivity contribution in [3.8, 4) is 0 Å². The van der Waals surface area contributed by atoms with Gasteiger partial charge in [-0.05, 0) is 30.0 Å². The van der Waals surface area contributed by atoms with Crippen LogP contribution < -0.4 is 0 Å². The summed E-state index contributed by atoms with van der Waals surface area (Å²) in [4.78, 5) is 46.0. The van der Waals surface area contributed by atoms with Gasteiger partial charge in [0, 0.05) is 12.6 Å². The third kappa shape index (κ3) is 5.12. The molecular weight excluding hydrogens is 411 g/mol. The Labute approximate surface area is 177 Å². The molecule has 1 aromatic carbocycles. The summed E-state index contributed by atoms with van der Waals surface area (Å²) in [7, 11) is 0. The number of hydrogen-bond donors (Lipinski definition) is 0. The fraction of sp³-hybridized carbons (Fsp3) is 0.350. The Bertz CT molecular complexity index is 941. The van der Waals surface area contributed by atoms with Crippen LogP contribution in [0, 0.1) is 5.82 Å². The summed E-state index contributed by atoms with van der Waals surface area (Å²) in [5.74, 6) is -1.67. The molecule has 158 valence electrons. The van der Waals surface area contributed by atoms with E-state index in [1.54, 1.807) is 13.2 Å². The van der Waals surface area contributed by atoms with E-state index in [0.717, 1.165) is 0 Å². The Balaban J connectivity index is 1.82. The molecule has 3 rings (SSSR count). The van der Waals surface area contributed by atoms with Crippen LogP contribution in [0.15, 0.2) is 41.7 Å². The number of carbonyl (C=O) groups is 3. The molecule has 1 aromatic heterocycles. The molecule has 1 saturated heterocycles. The number of esters is 1. The maximum Gasteiger partial charge on any atom is 0.305 e. The zero-order valence-electron chi connectivity index (χ0n) is 16.6. The topological polar surface area (TPSA) is 92.7 Å². The molecule has 0 radical (unpaired) electrons. The molecule has 10 heteroatoms. The number of thioether (sulfide) groups is 1. The van der Waals surface area contributed by atoms with Crippen LogP contribution in [0.4, 0.5) is 4.39 Å². The van der Waals surface area contributed by atoms with Crippen LogP contribution in [0.3, 0.4) is 0 Å². The van der Waals surface area contributed by atoms with Crippen molar-refractivity contribution in [3.63, 3.8) is 0 Å². The van der Waals surface area contributed by atoms with E-state index in [1.165, 1.54) is 58.3 Å². The van der Waals surface area contributed by atoms with Gasteiger partial charge in [0.25, 0.3) is 5.91 Å². The Kier molecular flexibility index (Phi) is 6.99. The van der Waals surface area contributed by atoms with Crippen molar-refractivity contribution in [1.29, 1.82) is 0 Å². The Morgan fingerprint density at radius 1 is 1.17 bits per heavy atom. The Morgan fingerprint density at radius 3 is 2.53 bits per heavy atom. The number of hydrazine groups is 1. The molecule has 0 aliphatic carbocycles. The van der Waals surface area contributed by atoms with Crippen molar-refractivity contribution >= 4 is 29.5 Å². The number of ether oxygens (including phenoxy) is 1. The third-order valence-electron chi connectivity index (χ3n) is 4.46. The molecule has 30 heavy (non-hydrogen) atoms. The van der Waals surface area contributed by atoms with Gasteiger partial charge in [-0.1, -0.05) is 30.8 Å². The number of amides is 2. The molecule has 0 saturated carbocycles. The summed E-state index contributed by atoms with van der Waals surface area (Å²) in [5, 5.41) is 2.93. The van der Waals surface area contributed by atoms with Crippen molar-refractivity contribution in [1.82, 2.24) is 20.0 Å². The van der Waals surface area contributed by atoms with E-state index in [9.17, 15) is 18.8 Å². The molecule has 0 spiro atoms. The maximum absolute atomic E-state index is 13.1. The number of hydrogen-bond acceptors (Lipinski definition) is 7. The molecule has 1 atom stereocenters. The van der Waals surface area contributed by atoms with E-state index in [1.807, 2.05) is 0 Å². The van der Waals surface area contributed by atoms with Crippen LogP contribution in [-0.4, -0.2) is 63.2 Å². The molecule has 1 aliphatic heterocycles. The van der Waals surface area contributed by atoms with Gasteiger partial charge in [0.15, 0.2) is 5.16 Å². The number of aromatic nitrogens is 2. The lowest BCUT2D eigenvalue weighted by Gasteiger charge is -2.27. The average molecular weight is 432 g/mol. The smallest absolute Gasteiger partial charge is 0.305 e. The van der Waals surface area contributed by atoms with Crippen molar-refractivity contribution in [2.24, 2.45) is 0 Å². The molecular formula is C20H21FN4O4S. The molecule has 8 nitrogen and oxygen atoms in total. The van der Waals surface area contributed by atoms with Gasteiger partial charge in [-0.2, -0.15) is 0 Å². The largest absolute Gasteiger partial charge is 0.458 e. The van der Waals surface area contributed by atoms with Crippen LogP contribution in [0.2, 0.25) is 0 Å². The fourth-order valence-corrected chi connectivity index (χ4v) is 3.33. The van der Waals surface area contributed by atoms with E-state index in [2.05, 4.69) is 9.97 Å². The highest BCUT2D eigenvalue weighted by molar-refractivity contribution is 7.98.